The van der Waals surface area contributed by atoms with E-state index >= 15 is 0 Å². The normalized spacial score (nSPS) is 11.2. The predicted octanol–water partition coefficient (Wildman–Crippen LogP) is 3.22. The quantitative estimate of drug-likeness (QED) is 0.566. The molecule has 0 aliphatic rings. The predicted molar refractivity (Wildman–Crippen MR) is 75.2 cm³/mol. The highest BCUT2D eigenvalue weighted by atomic mass is 79.9. The summed E-state index contributed by atoms with van der Waals surface area (Å²) in [5, 5.41) is 0.459. The van der Waals surface area contributed by atoms with E-state index in [2.05, 4.69) is 39.7 Å². The van der Waals surface area contributed by atoms with Gasteiger partial charge < -0.3 is 9.47 Å². The van der Waals surface area contributed by atoms with Crippen LogP contribution in [0.5, 0.6) is 0 Å². The highest BCUT2D eigenvalue weighted by Crippen LogP contribution is 2.28. The van der Waals surface area contributed by atoms with Crippen molar-refractivity contribution in [2.75, 3.05) is 26.9 Å². The summed E-state index contributed by atoms with van der Waals surface area (Å²) in [5.41, 5.74) is 0.932. The Hall–Kier alpha value is -0.230. The van der Waals surface area contributed by atoms with Crippen molar-refractivity contribution in [1.29, 1.82) is 0 Å². The summed E-state index contributed by atoms with van der Waals surface area (Å²) in [5.74, 6) is 1.01. The zero-order chi connectivity index (χ0) is 13.5. The van der Waals surface area contributed by atoms with Crippen LogP contribution >= 0.6 is 27.5 Å². The lowest BCUT2D eigenvalue weighted by Crippen LogP contribution is -2.09. The molecule has 1 aromatic rings. The van der Waals surface area contributed by atoms with Crippen LogP contribution in [0, 0.1) is 0 Å². The highest BCUT2D eigenvalue weighted by molar-refractivity contribution is 9.10. The van der Waals surface area contributed by atoms with Crippen molar-refractivity contribution < 1.29 is 9.47 Å². The minimum absolute atomic E-state index is 0.299. The Morgan fingerprint density at radius 2 is 1.94 bits per heavy atom. The fourth-order valence-corrected chi connectivity index (χ4v) is 2.21. The third kappa shape index (κ3) is 4.80. The van der Waals surface area contributed by atoms with Crippen molar-refractivity contribution in [3.05, 3.63) is 21.1 Å². The van der Waals surface area contributed by atoms with Crippen LogP contribution in [0.15, 0.2) is 4.47 Å². The first-order valence-corrected chi connectivity index (χ1v) is 7.01. The molecule has 6 heteroatoms. The molecule has 0 amide bonds. The molecule has 0 spiro atoms. The molecule has 0 atom stereocenters. The summed E-state index contributed by atoms with van der Waals surface area (Å²) in [7, 11) is 1.65. The Balaban J connectivity index is 2.61. The van der Waals surface area contributed by atoms with Gasteiger partial charge in [0.2, 0.25) is 0 Å². The number of hydrogen-bond acceptors (Lipinski definition) is 4. The summed E-state index contributed by atoms with van der Waals surface area (Å²) in [4.78, 5) is 8.73. The van der Waals surface area contributed by atoms with Gasteiger partial charge in [0.05, 0.1) is 30.0 Å². The van der Waals surface area contributed by atoms with E-state index in [1.54, 1.807) is 7.11 Å². The van der Waals surface area contributed by atoms with E-state index in [0.717, 1.165) is 10.2 Å². The van der Waals surface area contributed by atoms with E-state index in [4.69, 9.17) is 21.1 Å². The smallest absolute Gasteiger partial charge is 0.147 e. The molecule has 0 bridgehead atoms. The van der Waals surface area contributed by atoms with E-state index in [1.807, 2.05) is 0 Å². The molecule has 0 N–H and O–H groups in total. The van der Waals surface area contributed by atoms with Gasteiger partial charge in [-0.1, -0.05) is 25.4 Å². The van der Waals surface area contributed by atoms with Crippen LogP contribution in [0.1, 0.15) is 31.3 Å². The van der Waals surface area contributed by atoms with Crippen molar-refractivity contribution in [2.24, 2.45) is 0 Å². The second-order valence-electron chi connectivity index (χ2n) is 4.14. The number of aromatic nitrogens is 2. The molecule has 0 aromatic carbocycles. The van der Waals surface area contributed by atoms with Gasteiger partial charge in [-0.3, -0.25) is 0 Å². The molecule has 1 heterocycles. The summed E-state index contributed by atoms with van der Waals surface area (Å²) >= 11 is 9.48. The molecule has 0 saturated carbocycles. The van der Waals surface area contributed by atoms with Gasteiger partial charge in [0.15, 0.2) is 0 Å². The van der Waals surface area contributed by atoms with Crippen LogP contribution in [0.4, 0.5) is 0 Å². The first-order chi connectivity index (χ1) is 8.56. The van der Waals surface area contributed by atoms with Crippen LogP contribution < -0.4 is 0 Å². The summed E-state index contributed by atoms with van der Waals surface area (Å²) in [6, 6.07) is 0. The van der Waals surface area contributed by atoms with Gasteiger partial charge in [0.25, 0.3) is 0 Å². The summed E-state index contributed by atoms with van der Waals surface area (Å²) < 4.78 is 11.1. The van der Waals surface area contributed by atoms with Gasteiger partial charge in [-0.25, -0.2) is 9.97 Å². The third-order valence-electron chi connectivity index (χ3n) is 2.33. The average molecular weight is 338 g/mol. The van der Waals surface area contributed by atoms with E-state index in [9.17, 15) is 0 Å². The van der Waals surface area contributed by atoms with Gasteiger partial charge in [0, 0.05) is 13.5 Å². The number of halogens is 2. The molecule has 0 unspecified atom stereocenters. The van der Waals surface area contributed by atoms with Crippen molar-refractivity contribution >= 4 is 27.5 Å². The Kier molecular flexibility index (Phi) is 7.07. The van der Waals surface area contributed by atoms with E-state index in [0.29, 0.717) is 43.1 Å². The number of methoxy groups -OCH3 is 1. The average Bonchev–Trinajstić information content (AvgIpc) is 2.32. The van der Waals surface area contributed by atoms with Crippen molar-refractivity contribution in [3.63, 3.8) is 0 Å². The van der Waals surface area contributed by atoms with Gasteiger partial charge in [-0.05, 0) is 21.8 Å². The Morgan fingerprint density at radius 1 is 1.22 bits per heavy atom. The standard InChI is InChI=1S/C12H18BrClN2O2/c1-8(2)11-10(13)12(14)16-9(15-11)4-5-18-7-6-17-3/h8H,4-7H2,1-3H3. The first kappa shape index (κ1) is 15.8. The van der Waals surface area contributed by atoms with Crippen LogP contribution in [-0.4, -0.2) is 36.9 Å². The fraction of sp³-hybridized carbons (Fsp3) is 0.667. The minimum atomic E-state index is 0.299. The van der Waals surface area contributed by atoms with Crippen LogP contribution in [0.2, 0.25) is 5.15 Å². The Morgan fingerprint density at radius 3 is 2.56 bits per heavy atom. The van der Waals surface area contributed by atoms with Crippen molar-refractivity contribution in [3.8, 4) is 0 Å². The largest absolute Gasteiger partial charge is 0.382 e. The molecule has 0 aliphatic heterocycles. The zero-order valence-corrected chi connectivity index (χ0v) is 13.2. The van der Waals surface area contributed by atoms with Crippen LogP contribution in [0.25, 0.3) is 0 Å². The molecule has 1 aromatic heterocycles. The first-order valence-electron chi connectivity index (χ1n) is 5.84. The maximum Gasteiger partial charge on any atom is 0.147 e. The molecular weight excluding hydrogens is 320 g/mol. The SMILES string of the molecule is COCCOCCc1nc(Cl)c(Br)c(C(C)C)n1. The number of hydrogen-bond donors (Lipinski definition) is 0. The topological polar surface area (TPSA) is 44.2 Å². The maximum absolute atomic E-state index is 6.07. The molecule has 0 aliphatic carbocycles. The van der Waals surface area contributed by atoms with E-state index in [-0.39, 0.29) is 0 Å². The monoisotopic (exact) mass is 336 g/mol. The molecule has 18 heavy (non-hydrogen) atoms. The van der Waals surface area contributed by atoms with Crippen molar-refractivity contribution in [1.82, 2.24) is 9.97 Å². The molecule has 102 valence electrons. The molecular formula is C12H18BrClN2O2. The Labute approximate surface area is 121 Å². The summed E-state index contributed by atoms with van der Waals surface area (Å²) in [6.07, 6.45) is 0.649. The van der Waals surface area contributed by atoms with Gasteiger partial charge in [-0.2, -0.15) is 0 Å². The zero-order valence-electron chi connectivity index (χ0n) is 10.9. The van der Waals surface area contributed by atoms with E-state index in [1.165, 1.54) is 0 Å². The van der Waals surface area contributed by atoms with Crippen LogP contribution in [0.3, 0.4) is 0 Å². The second-order valence-corrected chi connectivity index (χ2v) is 5.29. The van der Waals surface area contributed by atoms with Gasteiger partial charge >= 0.3 is 0 Å². The minimum Gasteiger partial charge on any atom is -0.382 e. The molecule has 1 rings (SSSR count). The molecule has 4 nitrogen and oxygen atoms in total. The Bertz CT molecular complexity index is 389. The molecule has 0 radical (unpaired) electrons. The lowest BCUT2D eigenvalue weighted by Gasteiger charge is -2.10. The van der Waals surface area contributed by atoms with Gasteiger partial charge in [-0.15, -0.1) is 0 Å². The van der Waals surface area contributed by atoms with Gasteiger partial charge in [0.1, 0.15) is 11.0 Å². The number of rotatable bonds is 7. The van der Waals surface area contributed by atoms with Crippen molar-refractivity contribution in [2.45, 2.75) is 26.2 Å². The highest BCUT2D eigenvalue weighted by Gasteiger charge is 2.13. The number of nitrogens with zero attached hydrogens (tertiary/aromatic N) is 2. The fourth-order valence-electron chi connectivity index (χ4n) is 1.38. The maximum atomic E-state index is 6.07. The number of ether oxygens (including phenoxy) is 2. The summed E-state index contributed by atoms with van der Waals surface area (Å²) in [6.45, 7) is 5.89. The lowest BCUT2D eigenvalue weighted by molar-refractivity contribution is 0.0716. The van der Waals surface area contributed by atoms with Crippen LogP contribution in [-0.2, 0) is 15.9 Å². The molecule has 0 fully saturated rings. The third-order valence-corrected chi connectivity index (χ3v) is 3.61. The molecule has 0 saturated heterocycles. The lowest BCUT2D eigenvalue weighted by atomic mass is 10.1. The second kappa shape index (κ2) is 8.04. The van der Waals surface area contributed by atoms with E-state index < -0.39 is 0 Å².